The first-order valence-corrected chi connectivity index (χ1v) is 4.99. The van der Waals surface area contributed by atoms with Crippen molar-refractivity contribution in [2.45, 2.75) is 19.4 Å². The highest BCUT2D eigenvalue weighted by atomic mass is 35.5. The van der Waals surface area contributed by atoms with Crippen molar-refractivity contribution in [2.75, 3.05) is 5.32 Å². The molecule has 1 nitrogen and oxygen atoms in total. The summed E-state index contributed by atoms with van der Waals surface area (Å²) in [5.74, 6) is 2.65. The van der Waals surface area contributed by atoms with Gasteiger partial charge in [-0.05, 0) is 17.9 Å². The van der Waals surface area contributed by atoms with Gasteiger partial charge in [0.2, 0.25) is 0 Å². The molecule has 0 saturated carbocycles. The van der Waals surface area contributed by atoms with Crippen molar-refractivity contribution in [3.05, 3.63) is 15.8 Å². The lowest BCUT2D eigenvalue weighted by atomic mass is 10.2. The largest absolute Gasteiger partial charge is 0.370 e. The fourth-order valence-electron chi connectivity index (χ4n) is 0.845. The average molecular weight is 200 g/mol. The van der Waals surface area contributed by atoms with Crippen molar-refractivity contribution < 1.29 is 0 Å². The zero-order valence-corrected chi connectivity index (χ0v) is 8.38. The zero-order chi connectivity index (χ0) is 8.97. The number of hydrogen-bond acceptors (Lipinski definition) is 2. The molecule has 0 amide bonds. The van der Waals surface area contributed by atoms with Crippen LogP contribution in [0.4, 0.5) is 5.69 Å². The van der Waals surface area contributed by atoms with Gasteiger partial charge in [-0.25, -0.2) is 0 Å². The predicted octanol–water partition coefficient (Wildman–Crippen LogP) is 3.23. The molecule has 0 aliphatic heterocycles. The van der Waals surface area contributed by atoms with Crippen LogP contribution in [0.2, 0.25) is 4.34 Å². The minimum atomic E-state index is 0.0806. The van der Waals surface area contributed by atoms with Crippen LogP contribution in [-0.2, 0) is 0 Å². The topological polar surface area (TPSA) is 12.0 Å². The first-order chi connectivity index (χ1) is 5.77. The molecule has 64 valence electrons. The Bertz CT molecular complexity index is 287. The second kappa shape index (κ2) is 4.39. The van der Waals surface area contributed by atoms with E-state index in [0.717, 1.165) is 16.4 Å². The molecule has 12 heavy (non-hydrogen) atoms. The molecule has 1 aromatic heterocycles. The van der Waals surface area contributed by atoms with E-state index in [9.17, 15) is 0 Å². The molecule has 1 N–H and O–H groups in total. The van der Waals surface area contributed by atoms with Crippen molar-refractivity contribution >= 4 is 28.6 Å². The predicted molar refractivity (Wildman–Crippen MR) is 55.9 cm³/mol. The second-order valence-corrected chi connectivity index (χ2v) is 3.90. The molecule has 1 rings (SSSR count). The summed E-state index contributed by atoms with van der Waals surface area (Å²) in [6.07, 6.45) is 6.20. The summed E-state index contributed by atoms with van der Waals surface area (Å²) in [5.41, 5.74) is 0.937. The maximum atomic E-state index is 5.89. The van der Waals surface area contributed by atoms with Crippen LogP contribution in [0.5, 0.6) is 0 Å². The number of hydrogen-bond donors (Lipinski definition) is 1. The Kier molecular flexibility index (Phi) is 3.46. The lowest BCUT2D eigenvalue weighted by molar-refractivity contribution is 0.859. The lowest BCUT2D eigenvalue weighted by Gasteiger charge is -2.10. The molecule has 0 bridgehead atoms. The standard InChI is InChI=1S/C9H10ClNS/c1-3-7(4-2)11-8-5-6-12-9(8)10/h1,5-7,11H,4H2,2H3. The Morgan fingerprint density at radius 3 is 3.00 bits per heavy atom. The van der Waals surface area contributed by atoms with Crippen LogP contribution in [0.3, 0.4) is 0 Å². The molecule has 0 radical (unpaired) electrons. The van der Waals surface area contributed by atoms with E-state index in [0.29, 0.717) is 0 Å². The van der Waals surface area contributed by atoms with Crippen LogP contribution in [0.25, 0.3) is 0 Å². The monoisotopic (exact) mass is 199 g/mol. The smallest absolute Gasteiger partial charge is 0.116 e. The fourth-order valence-corrected chi connectivity index (χ4v) is 1.69. The van der Waals surface area contributed by atoms with Crippen LogP contribution < -0.4 is 5.32 Å². The summed E-state index contributed by atoms with van der Waals surface area (Å²) in [7, 11) is 0. The number of nitrogens with one attached hydrogen (secondary N) is 1. The molecule has 0 spiro atoms. The third-order valence-electron chi connectivity index (χ3n) is 1.56. The summed E-state index contributed by atoms with van der Waals surface area (Å²) in [5, 5.41) is 5.11. The van der Waals surface area contributed by atoms with Gasteiger partial charge >= 0.3 is 0 Å². The van der Waals surface area contributed by atoms with E-state index in [1.54, 1.807) is 0 Å². The number of rotatable bonds is 3. The number of halogens is 1. The highest BCUT2D eigenvalue weighted by Crippen LogP contribution is 2.28. The van der Waals surface area contributed by atoms with Crippen molar-refractivity contribution in [3.63, 3.8) is 0 Å². The number of anilines is 1. The molecular weight excluding hydrogens is 190 g/mol. The Hall–Kier alpha value is -0.650. The fraction of sp³-hybridized carbons (Fsp3) is 0.333. The van der Waals surface area contributed by atoms with E-state index in [4.69, 9.17) is 18.0 Å². The van der Waals surface area contributed by atoms with Gasteiger partial charge in [0.1, 0.15) is 4.34 Å². The SMILES string of the molecule is C#CC(CC)Nc1ccsc1Cl. The van der Waals surface area contributed by atoms with E-state index >= 15 is 0 Å². The summed E-state index contributed by atoms with van der Waals surface area (Å²) in [4.78, 5) is 0. The van der Waals surface area contributed by atoms with Crippen molar-refractivity contribution in [1.82, 2.24) is 0 Å². The van der Waals surface area contributed by atoms with Crippen molar-refractivity contribution in [3.8, 4) is 12.3 Å². The highest BCUT2D eigenvalue weighted by molar-refractivity contribution is 7.15. The Morgan fingerprint density at radius 1 is 1.83 bits per heavy atom. The lowest BCUT2D eigenvalue weighted by Crippen LogP contribution is -2.15. The third-order valence-corrected chi connectivity index (χ3v) is 2.73. The first kappa shape index (κ1) is 9.44. The van der Waals surface area contributed by atoms with E-state index in [2.05, 4.69) is 11.2 Å². The van der Waals surface area contributed by atoms with Crippen molar-refractivity contribution in [1.29, 1.82) is 0 Å². The molecule has 0 aromatic carbocycles. The van der Waals surface area contributed by atoms with Crippen LogP contribution in [0.1, 0.15) is 13.3 Å². The van der Waals surface area contributed by atoms with Crippen molar-refractivity contribution in [2.24, 2.45) is 0 Å². The van der Waals surface area contributed by atoms with Gasteiger partial charge in [0.25, 0.3) is 0 Å². The van der Waals surface area contributed by atoms with Gasteiger partial charge in [0.05, 0.1) is 11.7 Å². The van der Waals surface area contributed by atoms with Crippen LogP contribution in [0, 0.1) is 12.3 Å². The minimum Gasteiger partial charge on any atom is -0.370 e. The second-order valence-electron chi connectivity index (χ2n) is 2.38. The van der Waals surface area contributed by atoms with E-state index in [1.165, 1.54) is 11.3 Å². The first-order valence-electron chi connectivity index (χ1n) is 3.73. The molecule has 1 heterocycles. The minimum absolute atomic E-state index is 0.0806. The molecule has 3 heteroatoms. The summed E-state index contributed by atoms with van der Waals surface area (Å²) in [6, 6.07) is 2.02. The molecule has 1 unspecified atom stereocenters. The van der Waals surface area contributed by atoms with Gasteiger partial charge in [-0.15, -0.1) is 17.8 Å². The normalized spacial score (nSPS) is 12.1. The number of terminal acetylenes is 1. The maximum Gasteiger partial charge on any atom is 0.116 e. The third kappa shape index (κ3) is 2.17. The van der Waals surface area contributed by atoms with Gasteiger partial charge in [0, 0.05) is 0 Å². The highest BCUT2D eigenvalue weighted by Gasteiger charge is 2.05. The summed E-state index contributed by atoms with van der Waals surface area (Å²) < 4.78 is 0.767. The van der Waals surface area contributed by atoms with E-state index < -0.39 is 0 Å². The molecule has 1 aromatic rings. The molecule has 1 atom stereocenters. The molecule has 0 aliphatic rings. The zero-order valence-electron chi connectivity index (χ0n) is 6.80. The molecule has 0 aliphatic carbocycles. The number of thiophene rings is 1. The van der Waals surface area contributed by atoms with Gasteiger partial charge in [-0.3, -0.25) is 0 Å². The molecule has 0 fully saturated rings. The average Bonchev–Trinajstić information content (AvgIpc) is 2.47. The Balaban J connectivity index is 2.64. The van der Waals surface area contributed by atoms with E-state index in [-0.39, 0.29) is 6.04 Å². The van der Waals surface area contributed by atoms with E-state index in [1.807, 2.05) is 18.4 Å². The maximum absolute atomic E-state index is 5.89. The summed E-state index contributed by atoms with van der Waals surface area (Å²) in [6.45, 7) is 2.04. The molecule has 0 saturated heterocycles. The van der Waals surface area contributed by atoms with Crippen LogP contribution >= 0.6 is 22.9 Å². The molecular formula is C9H10ClNS. The van der Waals surface area contributed by atoms with Gasteiger partial charge < -0.3 is 5.32 Å². The Labute approximate surface area is 81.7 Å². The van der Waals surface area contributed by atoms with Crippen LogP contribution in [-0.4, -0.2) is 6.04 Å². The van der Waals surface area contributed by atoms with Gasteiger partial charge in [-0.2, -0.15) is 0 Å². The van der Waals surface area contributed by atoms with Crippen LogP contribution in [0.15, 0.2) is 11.4 Å². The Morgan fingerprint density at radius 2 is 2.58 bits per heavy atom. The summed E-state index contributed by atoms with van der Waals surface area (Å²) >= 11 is 7.39. The van der Waals surface area contributed by atoms with Gasteiger partial charge in [-0.1, -0.05) is 24.4 Å². The van der Waals surface area contributed by atoms with Gasteiger partial charge in [0.15, 0.2) is 0 Å². The quantitative estimate of drug-likeness (QED) is 0.738.